The molecule has 1 fully saturated rings. The molecule has 16 nitrogen and oxygen atoms in total. The van der Waals surface area contributed by atoms with Gasteiger partial charge in [-0.3, -0.25) is 9.63 Å². The number of nitrogens with zero attached hydrogens (tertiary/aromatic N) is 8. The Morgan fingerprint density at radius 1 is 0.909 bits per heavy atom. The zero-order valence-electron chi connectivity index (χ0n) is 21.2. The number of rotatable bonds is 12. The number of nitrogens with one attached hydrogen (secondary N) is 2. The monoisotopic (exact) mass is 482 g/mol. The van der Waals surface area contributed by atoms with Gasteiger partial charge in [-0.2, -0.15) is 5.12 Å². The topological polar surface area (TPSA) is 146 Å². The molecule has 1 rings (SSSR count). The van der Waals surface area contributed by atoms with Gasteiger partial charge in [0.2, 0.25) is 5.91 Å². The Balaban J connectivity index is 2.88. The summed E-state index contributed by atoms with van der Waals surface area (Å²) in [5.41, 5.74) is 3.01. The van der Waals surface area contributed by atoms with Crippen molar-refractivity contribution in [3.63, 3.8) is 0 Å². The minimum Gasteiger partial charge on any atom is -0.394 e. The molecule has 1 saturated heterocycles. The van der Waals surface area contributed by atoms with E-state index in [2.05, 4.69) is 10.7 Å². The van der Waals surface area contributed by atoms with E-state index < -0.39 is 43.2 Å². The van der Waals surface area contributed by atoms with Crippen molar-refractivity contribution in [3.8, 4) is 0 Å². The molecule has 16 heteroatoms. The average Bonchev–Trinajstić information content (AvgIpc) is 2.79. The molecule has 0 bridgehead atoms. The van der Waals surface area contributed by atoms with E-state index in [9.17, 15) is 20.1 Å². The molecule has 3 unspecified atom stereocenters. The molecule has 5 N–H and O–H groups in total. The maximum Gasteiger partial charge on any atom is 0.217 e. The molecule has 0 aromatic carbocycles. The molecule has 33 heavy (non-hydrogen) atoms. The number of carbonyl (C=O) groups excluding carboxylic acids is 1. The second-order valence-corrected chi connectivity index (χ2v) is 7.68. The Morgan fingerprint density at radius 2 is 1.39 bits per heavy atom. The summed E-state index contributed by atoms with van der Waals surface area (Å²) in [5.74, 6) is -0.448. The molecule has 1 heterocycles. The zero-order valence-corrected chi connectivity index (χ0v) is 21.2. The van der Waals surface area contributed by atoms with Gasteiger partial charge in [0.15, 0.2) is 6.29 Å². The van der Waals surface area contributed by atoms with Crippen LogP contribution in [0.5, 0.6) is 0 Å². The van der Waals surface area contributed by atoms with Gasteiger partial charge in [0.1, 0.15) is 24.4 Å². The second kappa shape index (κ2) is 13.1. The Kier molecular flexibility index (Phi) is 11.9. The summed E-state index contributed by atoms with van der Waals surface area (Å²) in [4.78, 5) is 17.3. The van der Waals surface area contributed by atoms with Crippen LogP contribution in [0.2, 0.25) is 0 Å². The lowest BCUT2D eigenvalue weighted by Crippen LogP contribution is -2.68. The van der Waals surface area contributed by atoms with Crippen LogP contribution in [-0.4, -0.2) is 163 Å². The van der Waals surface area contributed by atoms with E-state index in [0.717, 1.165) is 0 Å². The van der Waals surface area contributed by atoms with Crippen LogP contribution >= 0.6 is 0 Å². The van der Waals surface area contributed by atoms with Crippen molar-refractivity contribution < 1.29 is 29.7 Å². The van der Waals surface area contributed by atoms with Gasteiger partial charge >= 0.3 is 0 Å². The van der Waals surface area contributed by atoms with Crippen molar-refractivity contribution in [2.24, 2.45) is 0 Å². The second-order valence-electron chi connectivity index (χ2n) is 7.68. The quantitative estimate of drug-likeness (QED) is 0.171. The molecule has 0 aromatic rings. The van der Waals surface area contributed by atoms with Crippen LogP contribution in [0.25, 0.3) is 0 Å². The maximum atomic E-state index is 11.5. The molecule has 1 aliphatic rings. The highest BCUT2D eigenvalue weighted by molar-refractivity contribution is 5.73. The van der Waals surface area contributed by atoms with E-state index >= 15 is 0 Å². The van der Waals surface area contributed by atoms with Gasteiger partial charge in [0.25, 0.3) is 0 Å². The Bertz CT molecular complexity index is 609. The van der Waals surface area contributed by atoms with Crippen LogP contribution < -0.4 is 10.7 Å². The van der Waals surface area contributed by atoms with E-state index in [1.54, 1.807) is 48.7 Å². The highest BCUT2D eigenvalue weighted by Crippen LogP contribution is 2.23. The largest absolute Gasteiger partial charge is 0.394 e. The van der Waals surface area contributed by atoms with Crippen molar-refractivity contribution >= 4 is 5.91 Å². The molecule has 0 radical (unpaired) electrons. The first-order valence-corrected chi connectivity index (χ1v) is 10.4. The number of hydroxylamine groups is 1. The third kappa shape index (κ3) is 7.44. The van der Waals surface area contributed by atoms with Crippen molar-refractivity contribution in [2.75, 3.05) is 70.0 Å². The van der Waals surface area contributed by atoms with Gasteiger partial charge in [0, 0.05) is 70.4 Å². The first kappa shape index (κ1) is 29.9. The van der Waals surface area contributed by atoms with Crippen LogP contribution in [0.15, 0.2) is 0 Å². The van der Waals surface area contributed by atoms with Crippen LogP contribution in [0.4, 0.5) is 0 Å². The number of aliphatic hydroxyl groups excluding tert-OH is 3. The van der Waals surface area contributed by atoms with Gasteiger partial charge in [-0.15, -0.1) is 35.9 Å². The molecule has 196 valence electrons. The zero-order chi connectivity index (χ0) is 25.6. The number of hydrogen-bond donors (Lipinski definition) is 5. The van der Waals surface area contributed by atoms with E-state index in [1.807, 2.05) is 50.6 Å². The lowest BCUT2D eigenvalue weighted by molar-refractivity contribution is -0.440. The normalized spacial score (nSPS) is 26.8. The number of ether oxygens (including phenoxy) is 1. The molecule has 1 aliphatic heterocycles. The number of hydrazine groups is 8. The predicted octanol–water partition coefficient (Wildman–Crippen LogP) is -4.14. The van der Waals surface area contributed by atoms with Crippen LogP contribution in [0.1, 0.15) is 6.92 Å². The van der Waals surface area contributed by atoms with Crippen molar-refractivity contribution in [2.45, 2.75) is 37.6 Å². The van der Waals surface area contributed by atoms with Crippen molar-refractivity contribution in [1.82, 2.24) is 51.7 Å². The highest BCUT2D eigenvalue weighted by atomic mass is 16.8. The van der Waals surface area contributed by atoms with Crippen molar-refractivity contribution in [1.29, 1.82) is 0 Å². The molecule has 0 saturated carbocycles. The standard InChI is InChI=1S/C17H42N10O6/c1-12(29)19-14-15(30)16(13(11-28)32-17(14)31)33-27(10)26(9)25(8)24(7)23(6)22(5)21(4)20(3)18-2/h13-18,28,30-31H,11H2,1-10H3,(H,19,29)/t13?,14?,15?,16-,17-/m1/s1. The minimum absolute atomic E-state index is 0.448. The Labute approximate surface area is 195 Å². The summed E-state index contributed by atoms with van der Waals surface area (Å²) in [6.07, 6.45) is -4.92. The predicted molar refractivity (Wildman–Crippen MR) is 118 cm³/mol. The molecule has 1 amide bonds. The fraction of sp³-hybridized carbons (Fsp3) is 0.941. The molecule has 0 spiro atoms. The Hall–Kier alpha value is -1.09. The molecule has 5 atom stereocenters. The van der Waals surface area contributed by atoms with E-state index in [1.165, 1.54) is 12.1 Å². The molecular formula is C17H42N10O6. The number of aliphatic hydroxyl groups is 3. The van der Waals surface area contributed by atoms with Gasteiger partial charge in [0.05, 0.1) is 6.61 Å². The summed E-state index contributed by atoms with van der Waals surface area (Å²) in [6, 6.07) is -1.12. The van der Waals surface area contributed by atoms with Gasteiger partial charge in [-0.25, -0.2) is 5.43 Å². The van der Waals surface area contributed by atoms with E-state index in [-0.39, 0.29) is 0 Å². The van der Waals surface area contributed by atoms with Gasteiger partial charge in [-0.1, -0.05) is 0 Å². The smallest absolute Gasteiger partial charge is 0.217 e. The number of carbonyl (C=O) groups is 1. The summed E-state index contributed by atoms with van der Waals surface area (Å²) >= 11 is 0. The fourth-order valence-electron chi connectivity index (χ4n) is 3.12. The molecule has 0 aliphatic carbocycles. The highest BCUT2D eigenvalue weighted by Gasteiger charge is 2.47. The molecule has 0 aromatic heterocycles. The third-order valence-corrected chi connectivity index (χ3v) is 5.78. The lowest BCUT2D eigenvalue weighted by atomic mass is 9.97. The Morgan fingerprint density at radius 3 is 1.85 bits per heavy atom. The number of amides is 1. The van der Waals surface area contributed by atoms with Crippen molar-refractivity contribution in [3.05, 3.63) is 0 Å². The SMILES string of the molecule is CNN(C)N(C)N(C)N(C)N(C)N(C)N(C)N(C)O[C@@H]1C(CO)O[C@@H](O)C(NC(C)=O)C1O. The minimum atomic E-state index is -1.49. The van der Waals surface area contributed by atoms with E-state index in [0.29, 0.717) is 0 Å². The number of hydrogen-bond acceptors (Lipinski definition) is 15. The van der Waals surface area contributed by atoms with Gasteiger partial charge < -0.3 is 25.4 Å². The maximum absolute atomic E-state index is 11.5. The lowest BCUT2D eigenvalue weighted by Gasteiger charge is -2.48. The molecular weight excluding hydrogens is 440 g/mol. The summed E-state index contributed by atoms with van der Waals surface area (Å²) in [5, 5.41) is 46.7. The first-order valence-electron chi connectivity index (χ1n) is 10.4. The average molecular weight is 483 g/mol. The summed E-state index contributed by atoms with van der Waals surface area (Å²) < 4.78 is 5.36. The fourth-order valence-corrected chi connectivity index (χ4v) is 3.12. The van der Waals surface area contributed by atoms with Crippen LogP contribution in [0.3, 0.4) is 0 Å². The third-order valence-electron chi connectivity index (χ3n) is 5.78. The first-order chi connectivity index (χ1) is 15.3. The van der Waals surface area contributed by atoms with Gasteiger partial charge in [-0.05, 0) is 0 Å². The van der Waals surface area contributed by atoms with Crippen LogP contribution in [0, 0.1) is 0 Å². The van der Waals surface area contributed by atoms with Crippen LogP contribution in [-0.2, 0) is 14.4 Å². The van der Waals surface area contributed by atoms with E-state index in [4.69, 9.17) is 9.57 Å². The summed E-state index contributed by atoms with van der Waals surface area (Å²) in [7, 11) is 16.2. The summed E-state index contributed by atoms with van der Waals surface area (Å²) in [6.45, 7) is 0.759.